The SMILES string of the molecule is CCCCCCCCOCC(O)COc1c2ccc(C)cc2c(OCC(O)COCCCCCCCC)c2ccc(C)cc12. The Kier molecular flexibility index (Phi) is 16.9. The van der Waals surface area contributed by atoms with Gasteiger partial charge in [-0.2, -0.15) is 0 Å². The zero-order chi connectivity index (χ0) is 31.6. The van der Waals surface area contributed by atoms with Crippen LogP contribution in [0.25, 0.3) is 21.5 Å². The molecule has 3 rings (SSSR count). The van der Waals surface area contributed by atoms with Crippen LogP contribution in [0.3, 0.4) is 0 Å². The summed E-state index contributed by atoms with van der Waals surface area (Å²) in [5, 5.41) is 25.0. The van der Waals surface area contributed by atoms with Gasteiger partial charge in [0.05, 0.1) is 13.2 Å². The minimum atomic E-state index is -0.724. The summed E-state index contributed by atoms with van der Waals surface area (Å²) < 4.78 is 24.2. The summed E-state index contributed by atoms with van der Waals surface area (Å²) in [6, 6.07) is 12.4. The molecule has 0 aliphatic rings. The first-order chi connectivity index (χ1) is 21.4. The predicted molar refractivity (Wildman–Crippen MR) is 182 cm³/mol. The first-order valence-corrected chi connectivity index (χ1v) is 17.2. The van der Waals surface area contributed by atoms with Crippen molar-refractivity contribution in [2.75, 3.05) is 39.6 Å². The molecule has 3 aromatic rings. The number of ether oxygens (including phenoxy) is 4. The zero-order valence-corrected chi connectivity index (χ0v) is 27.9. The van der Waals surface area contributed by atoms with Crippen LogP contribution in [0.5, 0.6) is 11.5 Å². The minimum absolute atomic E-state index is 0.136. The van der Waals surface area contributed by atoms with Gasteiger partial charge in [-0.15, -0.1) is 0 Å². The van der Waals surface area contributed by atoms with E-state index in [0.29, 0.717) is 13.2 Å². The lowest BCUT2D eigenvalue weighted by Crippen LogP contribution is -2.24. The number of aliphatic hydroxyl groups is 2. The van der Waals surface area contributed by atoms with E-state index in [2.05, 4.69) is 64.1 Å². The van der Waals surface area contributed by atoms with Crippen molar-refractivity contribution in [1.82, 2.24) is 0 Å². The van der Waals surface area contributed by atoms with Crippen molar-refractivity contribution in [2.45, 2.75) is 117 Å². The molecule has 0 radical (unpaired) electrons. The third kappa shape index (κ3) is 12.2. The van der Waals surface area contributed by atoms with Gasteiger partial charge in [0.25, 0.3) is 0 Å². The Hall–Kier alpha value is -2.38. The Labute approximate surface area is 266 Å². The molecule has 0 saturated carbocycles. The summed E-state index contributed by atoms with van der Waals surface area (Å²) in [7, 11) is 0. The van der Waals surface area contributed by atoms with Gasteiger partial charge in [0, 0.05) is 34.8 Å². The summed E-state index contributed by atoms with van der Waals surface area (Å²) >= 11 is 0. The first-order valence-electron chi connectivity index (χ1n) is 17.2. The summed E-state index contributed by atoms with van der Waals surface area (Å²) in [6.07, 6.45) is 13.1. The Morgan fingerprint density at radius 3 is 1.30 bits per heavy atom. The molecule has 0 bridgehead atoms. The second kappa shape index (κ2) is 20.6. The Bertz CT molecular complexity index is 1130. The Morgan fingerprint density at radius 2 is 0.886 bits per heavy atom. The fraction of sp³-hybridized carbons (Fsp3) is 0.632. The van der Waals surface area contributed by atoms with E-state index in [-0.39, 0.29) is 26.4 Å². The number of hydrogen-bond acceptors (Lipinski definition) is 6. The molecule has 0 aliphatic heterocycles. The van der Waals surface area contributed by atoms with Gasteiger partial charge in [0.15, 0.2) is 0 Å². The number of aliphatic hydroxyl groups excluding tert-OH is 2. The molecule has 3 aromatic carbocycles. The number of fused-ring (bicyclic) bond motifs is 2. The van der Waals surface area contributed by atoms with Crippen LogP contribution in [0.2, 0.25) is 0 Å². The van der Waals surface area contributed by atoms with Gasteiger partial charge in [-0.05, 0) is 38.8 Å². The van der Waals surface area contributed by atoms with Crippen molar-refractivity contribution in [2.24, 2.45) is 0 Å². The molecule has 2 N–H and O–H groups in total. The summed E-state index contributed by atoms with van der Waals surface area (Å²) in [6.45, 7) is 10.7. The number of aryl methyl sites for hydroxylation is 2. The molecule has 0 spiro atoms. The molecule has 6 heteroatoms. The highest BCUT2D eigenvalue weighted by Gasteiger charge is 2.19. The fourth-order valence-electron chi connectivity index (χ4n) is 5.55. The van der Waals surface area contributed by atoms with E-state index in [1.165, 1.54) is 64.2 Å². The van der Waals surface area contributed by atoms with Crippen LogP contribution >= 0.6 is 0 Å². The minimum Gasteiger partial charge on any atom is -0.489 e. The van der Waals surface area contributed by atoms with Gasteiger partial charge in [-0.1, -0.05) is 113 Å². The van der Waals surface area contributed by atoms with Crippen molar-refractivity contribution in [1.29, 1.82) is 0 Å². The van der Waals surface area contributed by atoms with Crippen molar-refractivity contribution < 1.29 is 29.2 Å². The van der Waals surface area contributed by atoms with E-state index in [1.807, 2.05) is 0 Å². The number of benzene rings is 3. The van der Waals surface area contributed by atoms with Gasteiger partial charge in [0.2, 0.25) is 0 Å². The van der Waals surface area contributed by atoms with Crippen LogP contribution in [0.4, 0.5) is 0 Å². The largest absolute Gasteiger partial charge is 0.489 e. The molecular weight excluding hydrogens is 552 g/mol. The fourth-order valence-corrected chi connectivity index (χ4v) is 5.55. The standard InChI is InChI=1S/C38H58O6/c1-5-7-9-11-13-15-21-41-25-31(39)27-43-37-33-19-17-30(4)24-36(33)38(34-20-18-29(3)23-35(34)37)44-28-32(40)26-42-22-16-14-12-10-8-6-2/h17-20,23-24,31-32,39-40H,5-16,21-22,25-28H2,1-4H3. The van der Waals surface area contributed by atoms with Gasteiger partial charge >= 0.3 is 0 Å². The smallest absolute Gasteiger partial charge is 0.135 e. The van der Waals surface area contributed by atoms with Crippen molar-refractivity contribution in [3.8, 4) is 11.5 Å². The Balaban J connectivity index is 1.63. The zero-order valence-electron chi connectivity index (χ0n) is 27.9. The molecule has 0 heterocycles. The monoisotopic (exact) mass is 610 g/mol. The molecule has 6 nitrogen and oxygen atoms in total. The molecular formula is C38H58O6. The second-order valence-corrected chi connectivity index (χ2v) is 12.4. The normalized spacial score (nSPS) is 13.0. The molecule has 44 heavy (non-hydrogen) atoms. The van der Waals surface area contributed by atoms with Crippen LogP contribution in [-0.2, 0) is 9.47 Å². The van der Waals surface area contributed by atoms with E-state index < -0.39 is 12.2 Å². The maximum absolute atomic E-state index is 10.7. The Morgan fingerprint density at radius 1 is 0.500 bits per heavy atom. The second-order valence-electron chi connectivity index (χ2n) is 12.4. The highest BCUT2D eigenvalue weighted by atomic mass is 16.5. The van der Waals surface area contributed by atoms with Crippen LogP contribution in [0, 0.1) is 13.8 Å². The summed E-state index contributed by atoms with van der Waals surface area (Å²) in [4.78, 5) is 0. The topological polar surface area (TPSA) is 77.4 Å². The van der Waals surface area contributed by atoms with Crippen molar-refractivity contribution in [3.05, 3.63) is 47.5 Å². The number of unbranched alkanes of at least 4 members (excludes halogenated alkanes) is 10. The van der Waals surface area contributed by atoms with Crippen LogP contribution in [0.15, 0.2) is 36.4 Å². The molecule has 246 valence electrons. The van der Waals surface area contributed by atoms with Gasteiger partial charge in [-0.3, -0.25) is 0 Å². The average molecular weight is 611 g/mol. The maximum Gasteiger partial charge on any atom is 0.135 e. The van der Waals surface area contributed by atoms with Crippen LogP contribution in [-0.4, -0.2) is 62.1 Å². The quantitative estimate of drug-likeness (QED) is 0.0779. The molecule has 0 fully saturated rings. The van der Waals surface area contributed by atoms with E-state index in [0.717, 1.165) is 57.0 Å². The first kappa shape index (κ1) is 36.1. The molecule has 2 unspecified atom stereocenters. The highest BCUT2D eigenvalue weighted by Crippen LogP contribution is 2.43. The average Bonchev–Trinajstić information content (AvgIpc) is 3.01. The van der Waals surface area contributed by atoms with Crippen molar-refractivity contribution >= 4 is 21.5 Å². The maximum atomic E-state index is 10.7. The highest BCUT2D eigenvalue weighted by molar-refractivity contribution is 6.11. The third-order valence-corrected chi connectivity index (χ3v) is 8.07. The molecule has 0 aromatic heterocycles. The van der Waals surface area contributed by atoms with Crippen LogP contribution < -0.4 is 9.47 Å². The lowest BCUT2D eigenvalue weighted by Gasteiger charge is -2.21. The lowest BCUT2D eigenvalue weighted by atomic mass is 9.97. The van der Waals surface area contributed by atoms with Gasteiger partial charge < -0.3 is 29.2 Å². The van der Waals surface area contributed by atoms with Gasteiger partial charge in [0.1, 0.15) is 36.9 Å². The predicted octanol–water partition coefficient (Wildman–Crippen LogP) is 8.84. The number of hydrogen-bond donors (Lipinski definition) is 2. The van der Waals surface area contributed by atoms with E-state index in [1.54, 1.807) is 0 Å². The summed E-state index contributed by atoms with van der Waals surface area (Å²) in [5.74, 6) is 1.45. The molecule has 0 amide bonds. The summed E-state index contributed by atoms with van der Waals surface area (Å²) in [5.41, 5.74) is 2.21. The third-order valence-electron chi connectivity index (χ3n) is 8.07. The van der Waals surface area contributed by atoms with E-state index >= 15 is 0 Å². The van der Waals surface area contributed by atoms with E-state index in [4.69, 9.17) is 18.9 Å². The van der Waals surface area contributed by atoms with E-state index in [9.17, 15) is 10.2 Å². The lowest BCUT2D eigenvalue weighted by molar-refractivity contribution is 0.0111. The number of rotatable bonds is 24. The molecule has 2 atom stereocenters. The van der Waals surface area contributed by atoms with Crippen LogP contribution in [0.1, 0.15) is 102 Å². The van der Waals surface area contributed by atoms with Crippen molar-refractivity contribution in [3.63, 3.8) is 0 Å². The molecule has 0 aliphatic carbocycles. The molecule has 0 saturated heterocycles. The van der Waals surface area contributed by atoms with Gasteiger partial charge in [-0.25, -0.2) is 0 Å².